The molecule has 1 aliphatic carbocycles. The van der Waals surface area contributed by atoms with Crippen LogP contribution in [0.15, 0.2) is 0 Å². The van der Waals surface area contributed by atoms with Gasteiger partial charge in [0.15, 0.2) is 0 Å². The third kappa shape index (κ3) is 3.55. The van der Waals surface area contributed by atoms with Crippen LogP contribution in [0.4, 0.5) is 5.82 Å². The molecule has 0 spiro atoms. The van der Waals surface area contributed by atoms with E-state index in [0.717, 1.165) is 36.9 Å². The minimum Gasteiger partial charge on any atom is -0.296 e. The fraction of sp³-hybridized carbons (Fsp3) is 0.737. The molecule has 1 unspecified atom stereocenters. The third-order valence-electron chi connectivity index (χ3n) is 6.00. The molecule has 0 aromatic carbocycles. The highest BCUT2D eigenvalue weighted by molar-refractivity contribution is 7.86. The molecule has 0 bridgehead atoms. The Balaban J connectivity index is 1.74. The van der Waals surface area contributed by atoms with E-state index in [1.807, 2.05) is 11.8 Å². The van der Waals surface area contributed by atoms with Crippen LogP contribution in [0.25, 0.3) is 0 Å². The molecule has 9 heteroatoms. The highest BCUT2D eigenvalue weighted by Gasteiger charge is 2.38. The van der Waals surface area contributed by atoms with E-state index in [9.17, 15) is 13.2 Å². The summed E-state index contributed by atoms with van der Waals surface area (Å²) in [6.07, 6.45) is 5.94. The molecule has 1 saturated heterocycles. The van der Waals surface area contributed by atoms with Crippen molar-refractivity contribution in [1.29, 1.82) is 0 Å². The fourth-order valence-corrected chi connectivity index (χ4v) is 5.45. The zero-order valence-corrected chi connectivity index (χ0v) is 17.7. The Kier molecular flexibility index (Phi) is 5.18. The van der Waals surface area contributed by atoms with E-state index in [4.69, 9.17) is 9.97 Å². The number of rotatable bonds is 5. The van der Waals surface area contributed by atoms with Crippen molar-refractivity contribution in [2.24, 2.45) is 5.92 Å². The predicted octanol–water partition coefficient (Wildman–Crippen LogP) is 1.81. The first-order valence-electron chi connectivity index (χ1n) is 10.2. The second-order valence-electron chi connectivity index (χ2n) is 8.33. The van der Waals surface area contributed by atoms with Crippen molar-refractivity contribution in [3.63, 3.8) is 0 Å². The van der Waals surface area contributed by atoms with Gasteiger partial charge in [-0.1, -0.05) is 6.42 Å². The molecule has 1 amide bonds. The molecule has 2 fully saturated rings. The number of nitrogens with zero attached hydrogens (tertiary/aromatic N) is 5. The van der Waals surface area contributed by atoms with Crippen molar-refractivity contribution < 1.29 is 13.2 Å². The van der Waals surface area contributed by atoms with Crippen molar-refractivity contribution in [2.45, 2.75) is 57.9 Å². The summed E-state index contributed by atoms with van der Waals surface area (Å²) in [4.78, 5) is 23.9. The van der Waals surface area contributed by atoms with Gasteiger partial charge >= 0.3 is 0 Å². The van der Waals surface area contributed by atoms with E-state index in [2.05, 4.69) is 0 Å². The quantitative estimate of drug-likeness (QED) is 0.743. The Morgan fingerprint density at radius 2 is 1.86 bits per heavy atom. The van der Waals surface area contributed by atoms with Gasteiger partial charge in [0.2, 0.25) is 5.91 Å². The van der Waals surface area contributed by atoms with Gasteiger partial charge in [-0.2, -0.15) is 17.0 Å². The van der Waals surface area contributed by atoms with Gasteiger partial charge in [-0.15, -0.1) is 0 Å². The average Bonchev–Trinajstić information content (AvgIpc) is 3.48. The van der Waals surface area contributed by atoms with Crippen molar-refractivity contribution in [3.8, 4) is 0 Å². The van der Waals surface area contributed by atoms with Crippen LogP contribution in [-0.2, 0) is 21.4 Å². The first-order chi connectivity index (χ1) is 13.3. The lowest BCUT2D eigenvalue weighted by molar-refractivity contribution is -0.119. The number of carbonyl (C=O) groups is 1. The monoisotopic (exact) mass is 407 g/mol. The van der Waals surface area contributed by atoms with E-state index >= 15 is 0 Å². The van der Waals surface area contributed by atoms with Gasteiger partial charge in [-0.3, -0.25) is 9.69 Å². The number of aryl methyl sites for hydroxylation is 1. The van der Waals surface area contributed by atoms with Gasteiger partial charge in [0.05, 0.1) is 6.04 Å². The smallest absolute Gasteiger partial charge is 0.282 e. The Morgan fingerprint density at radius 3 is 2.54 bits per heavy atom. The minimum absolute atomic E-state index is 0.116. The van der Waals surface area contributed by atoms with Crippen LogP contribution < -0.4 is 4.90 Å². The molecule has 154 valence electrons. The number of piperidine rings is 1. The van der Waals surface area contributed by atoms with Crippen molar-refractivity contribution in [3.05, 3.63) is 17.1 Å². The Hall–Kier alpha value is -1.58. The molecule has 0 N–H and O–H groups in total. The summed E-state index contributed by atoms with van der Waals surface area (Å²) in [5, 5.41) is 0. The highest BCUT2D eigenvalue weighted by Crippen LogP contribution is 2.37. The van der Waals surface area contributed by atoms with Gasteiger partial charge < -0.3 is 0 Å². The highest BCUT2D eigenvalue weighted by atomic mass is 32.2. The number of anilines is 1. The minimum atomic E-state index is -3.56. The van der Waals surface area contributed by atoms with Crippen LogP contribution in [0.2, 0.25) is 0 Å². The summed E-state index contributed by atoms with van der Waals surface area (Å²) in [7, 11) is -0.455. The molecule has 3 heterocycles. The first kappa shape index (κ1) is 19.7. The second-order valence-corrected chi connectivity index (χ2v) is 10.4. The Morgan fingerprint density at radius 1 is 1.11 bits per heavy atom. The van der Waals surface area contributed by atoms with E-state index in [-0.39, 0.29) is 11.9 Å². The van der Waals surface area contributed by atoms with Crippen LogP contribution in [0.3, 0.4) is 0 Å². The molecule has 8 nitrogen and oxygen atoms in total. The Labute approximate surface area is 167 Å². The van der Waals surface area contributed by atoms with Crippen LogP contribution in [0.1, 0.15) is 61.6 Å². The molecule has 3 aliphatic rings. The summed E-state index contributed by atoms with van der Waals surface area (Å²) >= 11 is 0. The van der Waals surface area contributed by atoms with Gasteiger partial charge in [-0.05, 0) is 44.9 Å². The molecule has 28 heavy (non-hydrogen) atoms. The van der Waals surface area contributed by atoms with Gasteiger partial charge in [0, 0.05) is 44.9 Å². The van der Waals surface area contributed by atoms with Crippen LogP contribution >= 0.6 is 0 Å². The normalized spacial score (nSPS) is 23.9. The lowest BCUT2D eigenvalue weighted by Gasteiger charge is -2.36. The van der Waals surface area contributed by atoms with E-state index in [1.54, 1.807) is 14.1 Å². The first-order valence-corrected chi connectivity index (χ1v) is 11.6. The summed E-state index contributed by atoms with van der Waals surface area (Å²) in [6, 6.07) is -0.384. The standard InChI is InChI=1S/C19H29N5O3S/c1-13-15-9-10-17(25)23(12-14-7-8-14)19(15)21-18(20-13)16-6-4-5-11-24(16)28(26,27)22(2)3/h14,16H,4-12H2,1-3H3. The molecule has 1 atom stereocenters. The van der Waals surface area contributed by atoms with Gasteiger partial charge in [-0.25, -0.2) is 9.97 Å². The fourth-order valence-electron chi connectivity index (χ4n) is 4.15. The van der Waals surface area contributed by atoms with Crippen molar-refractivity contribution >= 4 is 21.9 Å². The molecular formula is C19H29N5O3S. The Bertz CT molecular complexity index is 882. The number of hydrogen-bond acceptors (Lipinski definition) is 5. The van der Waals surface area contributed by atoms with Crippen molar-refractivity contribution in [1.82, 2.24) is 18.6 Å². The van der Waals surface area contributed by atoms with E-state index < -0.39 is 10.2 Å². The van der Waals surface area contributed by atoms with Crippen LogP contribution in [0.5, 0.6) is 0 Å². The maximum atomic E-state index is 12.8. The summed E-state index contributed by atoms with van der Waals surface area (Å²) < 4.78 is 28.5. The number of carbonyl (C=O) groups excluding carboxylic acids is 1. The van der Waals surface area contributed by atoms with Crippen molar-refractivity contribution in [2.75, 3.05) is 32.1 Å². The molecule has 0 radical (unpaired) electrons. The summed E-state index contributed by atoms with van der Waals surface area (Å²) in [5.41, 5.74) is 1.89. The topological polar surface area (TPSA) is 86.7 Å². The maximum Gasteiger partial charge on any atom is 0.282 e. The second kappa shape index (κ2) is 7.35. The molecule has 1 aromatic heterocycles. The SMILES string of the molecule is Cc1nc(C2CCCCN2S(=O)(=O)N(C)C)nc2c1CCC(=O)N2CC1CC1. The zero-order valence-electron chi connectivity index (χ0n) is 16.9. The molecule has 1 saturated carbocycles. The summed E-state index contributed by atoms with van der Waals surface area (Å²) in [5.74, 6) is 1.91. The number of fused-ring (bicyclic) bond motifs is 1. The van der Waals surface area contributed by atoms with E-state index in [1.165, 1.54) is 8.61 Å². The van der Waals surface area contributed by atoms with E-state index in [0.29, 0.717) is 49.9 Å². The molecule has 1 aromatic rings. The molecule has 2 aliphatic heterocycles. The average molecular weight is 408 g/mol. The summed E-state index contributed by atoms with van der Waals surface area (Å²) in [6.45, 7) is 3.13. The number of amides is 1. The molecular weight excluding hydrogens is 378 g/mol. The largest absolute Gasteiger partial charge is 0.296 e. The number of aromatic nitrogens is 2. The van der Waals surface area contributed by atoms with Crippen LogP contribution in [-0.4, -0.2) is 60.1 Å². The maximum absolute atomic E-state index is 12.8. The van der Waals surface area contributed by atoms with Crippen LogP contribution in [0, 0.1) is 12.8 Å². The predicted molar refractivity (Wildman–Crippen MR) is 106 cm³/mol. The third-order valence-corrected chi connectivity index (χ3v) is 7.95. The van der Waals surface area contributed by atoms with Gasteiger partial charge in [0.1, 0.15) is 11.6 Å². The lowest BCUT2D eigenvalue weighted by Crippen LogP contribution is -2.45. The lowest BCUT2D eigenvalue weighted by atomic mass is 10.0. The number of hydrogen-bond donors (Lipinski definition) is 0. The zero-order chi connectivity index (χ0) is 20.1. The molecule has 4 rings (SSSR count). The van der Waals surface area contributed by atoms with Gasteiger partial charge in [0.25, 0.3) is 10.2 Å².